The molecule has 1 aromatic rings. The number of hydrazine groups is 1. The van der Waals surface area contributed by atoms with E-state index in [1.54, 1.807) is 32.0 Å². The first kappa shape index (κ1) is 14.6. The summed E-state index contributed by atoms with van der Waals surface area (Å²) in [6.07, 6.45) is 0. The monoisotopic (exact) mass is 297 g/mol. The van der Waals surface area contributed by atoms with Gasteiger partial charge in [0.1, 0.15) is 5.75 Å². The number of amides is 2. The van der Waals surface area contributed by atoms with Gasteiger partial charge in [-0.25, -0.2) is 5.84 Å². The van der Waals surface area contributed by atoms with Gasteiger partial charge >= 0.3 is 0 Å². The minimum atomic E-state index is -0.832. The van der Waals surface area contributed by atoms with Crippen LogP contribution < -0.4 is 20.9 Å². The maximum atomic E-state index is 12.1. The van der Waals surface area contributed by atoms with Crippen LogP contribution in [0.15, 0.2) is 18.2 Å². The molecule has 0 aliphatic carbocycles. The summed E-state index contributed by atoms with van der Waals surface area (Å²) in [4.78, 5) is 25.3. The third-order valence-corrected chi connectivity index (χ3v) is 3.40. The smallest absolute Gasteiger partial charge is 0.265 e. The van der Waals surface area contributed by atoms with E-state index in [-0.39, 0.29) is 25.0 Å². The molecular weight excluding hydrogens is 282 g/mol. The van der Waals surface area contributed by atoms with Crippen molar-refractivity contribution in [1.29, 1.82) is 0 Å². The van der Waals surface area contributed by atoms with Gasteiger partial charge in [-0.05, 0) is 32.0 Å². The Kier molecular flexibility index (Phi) is 3.87. The van der Waals surface area contributed by atoms with Crippen LogP contribution in [0.25, 0.3) is 0 Å². The Hall–Kier alpha value is -1.79. The number of nitrogens with two attached hydrogens (primary N) is 1. The highest BCUT2D eigenvalue weighted by Crippen LogP contribution is 2.36. The third-order valence-electron chi connectivity index (χ3n) is 3.16. The maximum absolute atomic E-state index is 12.1. The van der Waals surface area contributed by atoms with Crippen molar-refractivity contribution in [2.45, 2.75) is 13.8 Å². The Bertz CT molecular complexity index is 560. The molecule has 108 valence electrons. The zero-order chi connectivity index (χ0) is 14.9. The lowest BCUT2D eigenvalue weighted by Crippen LogP contribution is -2.50. The largest absolute Gasteiger partial charge is 0.482 e. The van der Waals surface area contributed by atoms with Crippen LogP contribution in [0.3, 0.4) is 0 Å². The number of fused-ring (bicyclic) bond motifs is 1. The average molecular weight is 298 g/mol. The van der Waals surface area contributed by atoms with Gasteiger partial charge in [-0.1, -0.05) is 11.6 Å². The van der Waals surface area contributed by atoms with Crippen LogP contribution >= 0.6 is 11.6 Å². The number of nitrogens with zero attached hydrogens (tertiary/aromatic N) is 1. The van der Waals surface area contributed by atoms with Gasteiger partial charge in [0.25, 0.3) is 5.91 Å². The number of halogens is 1. The number of nitrogens with one attached hydrogen (secondary N) is 1. The van der Waals surface area contributed by atoms with Gasteiger partial charge in [0.2, 0.25) is 5.91 Å². The highest BCUT2D eigenvalue weighted by Gasteiger charge is 2.35. The summed E-state index contributed by atoms with van der Waals surface area (Å²) < 4.78 is 5.35. The van der Waals surface area contributed by atoms with Crippen LogP contribution in [-0.2, 0) is 9.59 Å². The third kappa shape index (κ3) is 2.71. The first-order chi connectivity index (χ1) is 9.35. The van der Waals surface area contributed by atoms with E-state index in [1.807, 2.05) is 0 Å². The van der Waals surface area contributed by atoms with Crippen LogP contribution in [0.1, 0.15) is 13.8 Å². The molecule has 2 amide bonds. The van der Waals surface area contributed by atoms with Crippen LogP contribution in [0.2, 0.25) is 5.02 Å². The molecule has 3 N–H and O–H groups in total. The topological polar surface area (TPSA) is 84.7 Å². The van der Waals surface area contributed by atoms with Crippen molar-refractivity contribution in [1.82, 2.24) is 5.43 Å². The van der Waals surface area contributed by atoms with E-state index in [2.05, 4.69) is 5.43 Å². The van der Waals surface area contributed by atoms with Crippen LogP contribution in [0.4, 0.5) is 5.69 Å². The lowest BCUT2D eigenvalue weighted by molar-refractivity contribution is -0.129. The number of carbonyl (C=O) groups is 2. The summed E-state index contributed by atoms with van der Waals surface area (Å²) >= 11 is 5.96. The number of hydrogen-bond acceptors (Lipinski definition) is 4. The highest BCUT2D eigenvalue weighted by molar-refractivity contribution is 6.31. The fraction of sp³-hybridized carbons (Fsp3) is 0.385. The summed E-state index contributed by atoms with van der Waals surface area (Å²) in [5.41, 5.74) is 1.84. The molecule has 0 unspecified atom stereocenters. The molecule has 0 bridgehead atoms. The zero-order valence-corrected chi connectivity index (χ0v) is 12.0. The minimum absolute atomic E-state index is 0.0606. The molecule has 6 nitrogen and oxygen atoms in total. The number of benzene rings is 1. The van der Waals surface area contributed by atoms with E-state index in [0.29, 0.717) is 16.5 Å². The quantitative estimate of drug-likeness (QED) is 0.497. The molecule has 1 heterocycles. The van der Waals surface area contributed by atoms with Gasteiger partial charge in [-0.15, -0.1) is 0 Å². The second-order valence-corrected chi connectivity index (χ2v) is 5.67. The fourth-order valence-corrected chi connectivity index (χ4v) is 2.18. The standard InChI is InChI=1S/C13H16ClN3O3/c1-13(2,12(19)16-15)7-17-9-5-8(14)3-4-10(9)20-6-11(17)18/h3-5H,6-7,15H2,1-2H3,(H,16,19). The van der Waals surface area contributed by atoms with E-state index in [1.165, 1.54) is 4.90 Å². The molecule has 0 fully saturated rings. The normalized spacial score (nSPS) is 14.6. The molecule has 1 aromatic carbocycles. The van der Waals surface area contributed by atoms with Gasteiger partial charge in [-0.3, -0.25) is 15.0 Å². The molecule has 0 saturated carbocycles. The predicted octanol–water partition coefficient (Wildman–Crippen LogP) is 1.08. The van der Waals surface area contributed by atoms with Gasteiger partial charge < -0.3 is 9.64 Å². The Balaban J connectivity index is 2.35. The molecule has 0 spiro atoms. The summed E-state index contributed by atoms with van der Waals surface area (Å²) in [6, 6.07) is 5.03. The summed E-state index contributed by atoms with van der Waals surface area (Å²) in [5, 5.41) is 0.494. The lowest BCUT2D eigenvalue weighted by atomic mass is 9.91. The SMILES string of the molecule is CC(C)(CN1C(=O)COc2ccc(Cl)cc21)C(=O)NN. The van der Waals surface area contributed by atoms with Crippen molar-refractivity contribution in [3.8, 4) is 5.75 Å². The van der Waals surface area contributed by atoms with Crippen molar-refractivity contribution in [2.75, 3.05) is 18.1 Å². The van der Waals surface area contributed by atoms with E-state index in [4.69, 9.17) is 22.2 Å². The Morgan fingerprint density at radius 2 is 2.25 bits per heavy atom. The second kappa shape index (κ2) is 5.30. The Labute approximate surface area is 121 Å². The van der Waals surface area contributed by atoms with Crippen LogP contribution in [0, 0.1) is 5.41 Å². The van der Waals surface area contributed by atoms with Gasteiger partial charge in [0.15, 0.2) is 6.61 Å². The summed E-state index contributed by atoms with van der Waals surface area (Å²) in [6.45, 7) is 3.55. The van der Waals surface area contributed by atoms with Crippen molar-refractivity contribution >= 4 is 29.1 Å². The van der Waals surface area contributed by atoms with Crippen molar-refractivity contribution in [2.24, 2.45) is 11.3 Å². The van der Waals surface area contributed by atoms with Crippen LogP contribution in [0.5, 0.6) is 5.75 Å². The molecule has 1 aliphatic heterocycles. The Morgan fingerprint density at radius 3 is 2.90 bits per heavy atom. The average Bonchev–Trinajstić information content (AvgIpc) is 2.41. The molecule has 0 aromatic heterocycles. The van der Waals surface area contributed by atoms with E-state index in [9.17, 15) is 9.59 Å². The van der Waals surface area contributed by atoms with Crippen LogP contribution in [-0.4, -0.2) is 25.0 Å². The summed E-state index contributed by atoms with van der Waals surface area (Å²) in [5.74, 6) is 5.16. The molecule has 0 radical (unpaired) electrons. The second-order valence-electron chi connectivity index (χ2n) is 5.24. The predicted molar refractivity (Wildman–Crippen MR) is 75.4 cm³/mol. The first-order valence-electron chi connectivity index (χ1n) is 6.09. The lowest BCUT2D eigenvalue weighted by Gasteiger charge is -2.34. The zero-order valence-electron chi connectivity index (χ0n) is 11.3. The first-order valence-corrected chi connectivity index (χ1v) is 6.47. The number of ether oxygens (including phenoxy) is 1. The van der Waals surface area contributed by atoms with Gasteiger partial charge in [0, 0.05) is 11.6 Å². The number of anilines is 1. The molecular formula is C13H16ClN3O3. The van der Waals surface area contributed by atoms with E-state index < -0.39 is 5.41 Å². The number of hydrogen-bond donors (Lipinski definition) is 2. The molecule has 0 atom stereocenters. The fourth-order valence-electron chi connectivity index (χ4n) is 2.01. The molecule has 1 aliphatic rings. The van der Waals surface area contributed by atoms with Gasteiger partial charge in [0.05, 0.1) is 11.1 Å². The Morgan fingerprint density at radius 1 is 1.55 bits per heavy atom. The molecule has 7 heteroatoms. The van der Waals surface area contributed by atoms with Crippen molar-refractivity contribution in [3.63, 3.8) is 0 Å². The highest BCUT2D eigenvalue weighted by atomic mass is 35.5. The molecule has 20 heavy (non-hydrogen) atoms. The van der Waals surface area contributed by atoms with Crippen molar-refractivity contribution in [3.05, 3.63) is 23.2 Å². The number of rotatable bonds is 3. The van der Waals surface area contributed by atoms with Crippen molar-refractivity contribution < 1.29 is 14.3 Å². The maximum Gasteiger partial charge on any atom is 0.265 e. The minimum Gasteiger partial charge on any atom is -0.482 e. The van der Waals surface area contributed by atoms with E-state index in [0.717, 1.165) is 0 Å². The summed E-state index contributed by atoms with van der Waals surface area (Å²) in [7, 11) is 0. The molecule has 2 rings (SSSR count). The number of carbonyl (C=O) groups excluding carboxylic acids is 2. The molecule has 0 saturated heterocycles. The van der Waals surface area contributed by atoms with Gasteiger partial charge in [-0.2, -0.15) is 0 Å². The van der Waals surface area contributed by atoms with E-state index >= 15 is 0 Å².